The van der Waals surface area contributed by atoms with Crippen molar-refractivity contribution in [1.29, 1.82) is 0 Å². The Labute approximate surface area is 105 Å². The molecule has 1 atom stereocenters. The van der Waals surface area contributed by atoms with Crippen LogP contribution in [-0.4, -0.2) is 18.5 Å². The van der Waals surface area contributed by atoms with Gasteiger partial charge in [-0.15, -0.1) is 11.8 Å². The lowest BCUT2D eigenvalue weighted by Crippen LogP contribution is -2.32. The van der Waals surface area contributed by atoms with Crippen molar-refractivity contribution in [1.82, 2.24) is 0 Å². The van der Waals surface area contributed by atoms with Crippen molar-refractivity contribution in [3.8, 4) is 0 Å². The fraction of sp³-hybridized carbons (Fsp3) is 0.400. The van der Waals surface area contributed by atoms with Gasteiger partial charge in [-0.3, -0.25) is 0 Å². The molecule has 0 radical (unpaired) electrons. The van der Waals surface area contributed by atoms with Crippen molar-refractivity contribution in [2.75, 3.05) is 12.3 Å². The summed E-state index contributed by atoms with van der Waals surface area (Å²) >= 11 is 4.43. The van der Waals surface area contributed by atoms with Gasteiger partial charge in [-0.2, -0.15) is 13.2 Å². The largest absolute Gasteiger partial charge is 0.393 e. The first kappa shape index (κ1) is 13.9. The zero-order valence-electron chi connectivity index (χ0n) is 8.30. The van der Waals surface area contributed by atoms with Crippen molar-refractivity contribution < 1.29 is 13.2 Å². The Balaban J connectivity index is 2.53. The molecule has 16 heavy (non-hydrogen) atoms. The summed E-state index contributed by atoms with van der Waals surface area (Å²) in [5.41, 5.74) is 5.11. The molecule has 0 aliphatic carbocycles. The van der Waals surface area contributed by atoms with Gasteiger partial charge >= 0.3 is 6.18 Å². The van der Waals surface area contributed by atoms with Gasteiger partial charge in [-0.05, 0) is 24.3 Å². The lowest BCUT2D eigenvalue weighted by Gasteiger charge is -2.17. The molecule has 2 N–H and O–H groups in total. The van der Waals surface area contributed by atoms with Crippen LogP contribution in [0.15, 0.2) is 33.6 Å². The standard InChI is InChI=1S/C10H11BrF3NS/c11-8-1-3-9(4-2-8)16-6-7(5-15)10(12,13)14/h1-4,7H,5-6,15H2. The average molecular weight is 314 g/mol. The van der Waals surface area contributed by atoms with Crippen molar-refractivity contribution in [3.05, 3.63) is 28.7 Å². The zero-order valence-corrected chi connectivity index (χ0v) is 10.7. The molecule has 0 saturated carbocycles. The number of thioether (sulfide) groups is 1. The van der Waals surface area contributed by atoms with Crippen LogP contribution in [0.5, 0.6) is 0 Å². The second-order valence-electron chi connectivity index (χ2n) is 3.24. The predicted molar refractivity (Wildman–Crippen MR) is 63.5 cm³/mol. The van der Waals surface area contributed by atoms with Gasteiger partial charge in [0.2, 0.25) is 0 Å². The normalized spacial score (nSPS) is 13.8. The monoisotopic (exact) mass is 313 g/mol. The van der Waals surface area contributed by atoms with Crippen LogP contribution < -0.4 is 5.73 Å². The van der Waals surface area contributed by atoms with Gasteiger partial charge in [0.05, 0.1) is 5.92 Å². The molecular weight excluding hydrogens is 303 g/mol. The average Bonchev–Trinajstić information content (AvgIpc) is 2.19. The van der Waals surface area contributed by atoms with Gasteiger partial charge in [0, 0.05) is 21.7 Å². The highest BCUT2D eigenvalue weighted by atomic mass is 79.9. The predicted octanol–water partition coefficient (Wildman–Crippen LogP) is 3.68. The van der Waals surface area contributed by atoms with Crippen molar-refractivity contribution in [2.24, 2.45) is 11.7 Å². The minimum Gasteiger partial charge on any atom is -0.330 e. The van der Waals surface area contributed by atoms with Crippen LogP contribution in [0.4, 0.5) is 13.2 Å². The summed E-state index contributed by atoms with van der Waals surface area (Å²) in [6.45, 7) is -0.368. The van der Waals surface area contributed by atoms with E-state index < -0.39 is 12.1 Å². The van der Waals surface area contributed by atoms with Crippen LogP contribution >= 0.6 is 27.7 Å². The first-order valence-electron chi connectivity index (χ1n) is 4.58. The highest BCUT2D eigenvalue weighted by molar-refractivity contribution is 9.10. The summed E-state index contributed by atoms with van der Waals surface area (Å²) < 4.78 is 38.1. The van der Waals surface area contributed by atoms with Crippen molar-refractivity contribution in [3.63, 3.8) is 0 Å². The Kier molecular flexibility index (Phi) is 5.14. The van der Waals surface area contributed by atoms with E-state index in [1.807, 2.05) is 0 Å². The Morgan fingerprint density at radius 3 is 2.25 bits per heavy atom. The van der Waals surface area contributed by atoms with Crippen LogP contribution in [-0.2, 0) is 0 Å². The molecule has 1 nitrogen and oxygen atoms in total. The summed E-state index contributed by atoms with van der Waals surface area (Å²) in [6.07, 6.45) is -4.21. The van der Waals surface area contributed by atoms with Gasteiger partial charge < -0.3 is 5.73 Å². The first-order chi connectivity index (χ1) is 7.43. The van der Waals surface area contributed by atoms with Crippen LogP contribution in [0.3, 0.4) is 0 Å². The van der Waals surface area contributed by atoms with E-state index in [2.05, 4.69) is 15.9 Å². The molecule has 90 valence electrons. The third-order valence-corrected chi connectivity index (χ3v) is 3.72. The van der Waals surface area contributed by atoms with E-state index in [9.17, 15) is 13.2 Å². The number of benzene rings is 1. The Hall–Kier alpha value is -0.200. The molecule has 0 spiro atoms. The van der Waals surface area contributed by atoms with E-state index in [1.54, 1.807) is 24.3 Å². The minimum atomic E-state index is -4.21. The topological polar surface area (TPSA) is 26.0 Å². The smallest absolute Gasteiger partial charge is 0.330 e. The summed E-state index contributed by atoms with van der Waals surface area (Å²) in [5, 5.41) is 0. The molecule has 1 aromatic rings. The molecular formula is C10H11BrF3NS. The van der Waals surface area contributed by atoms with Crippen LogP contribution in [0.1, 0.15) is 0 Å². The molecule has 0 fully saturated rings. The van der Waals surface area contributed by atoms with Gasteiger partial charge in [-0.1, -0.05) is 15.9 Å². The number of hydrogen-bond donors (Lipinski definition) is 1. The molecule has 1 rings (SSSR count). The first-order valence-corrected chi connectivity index (χ1v) is 6.36. The number of alkyl halides is 3. The zero-order chi connectivity index (χ0) is 12.2. The number of hydrogen-bond acceptors (Lipinski definition) is 2. The Morgan fingerprint density at radius 1 is 1.25 bits per heavy atom. The third kappa shape index (κ3) is 4.35. The molecule has 0 saturated heterocycles. The molecule has 0 amide bonds. The van der Waals surface area contributed by atoms with Crippen LogP contribution in [0, 0.1) is 5.92 Å². The van der Waals surface area contributed by atoms with Gasteiger partial charge in [0.25, 0.3) is 0 Å². The number of halogens is 4. The molecule has 1 aromatic carbocycles. The summed E-state index contributed by atoms with van der Waals surface area (Å²) in [7, 11) is 0. The summed E-state index contributed by atoms with van der Waals surface area (Å²) in [5.74, 6) is -1.48. The fourth-order valence-corrected chi connectivity index (χ4v) is 2.34. The van der Waals surface area contributed by atoms with E-state index in [4.69, 9.17) is 5.73 Å². The summed E-state index contributed by atoms with van der Waals surface area (Å²) in [4.78, 5) is 0.811. The highest BCUT2D eigenvalue weighted by Crippen LogP contribution is 2.31. The maximum Gasteiger partial charge on any atom is 0.393 e. The van der Waals surface area contributed by atoms with Crippen LogP contribution in [0.25, 0.3) is 0 Å². The second-order valence-corrected chi connectivity index (χ2v) is 5.25. The highest BCUT2D eigenvalue weighted by Gasteiger charge is 2.38. The fourth-order valence-electron chi connectivity index (χ4n) is 1.02. The van der Waals surface area contributed by atoms with Gasteiger partial charge in [0.15, 0.2) is 0 Å². The van der Waals surface area contributed by atoms with E-state index in [1.165, 1.54) is 11.8 Å². The molecule has 0 heterocycles. The van der Waals surface area contributed by atoms with Crippen molar-refractivity contribution in [2.45, 2.75) is 11.1 Å². The van der Waals surface area contributed by atoms with E-state index >= 15 is 0 Å². The number of nitrogens with two attached hydrogens (primary N) is 1. The lowest BCUT2D eigenvalue weighted by atomic mass is 10.2. The Bertz CT molecular complexity index is 326. The maximum atomic E-state index is 12.4. The summed E-state index contributed by atoms with van der Waals surface area (Å²) in [6, 6.07) is 7.15. The van der Waals surface area contributed by atoms with Crippen molar-refractivity contribution >= 4 is 27.7 Å². The molecule has 1 unspecified atom stereocenters. The molecule has 0 aromatic heterocycles. The Morgan fingerprint density at radius 2 is 1.81 bits per heavy atom. The van der Waals surface area contributed by atoms with E-state index in [-0.39, 0.29) is 12.3 Å². The minimum absolute atomic E-state index is 0.0400. The van der Waals surface area contributed by atoms with Crippen LogP contribution in [0.2, 0.25) is 0 Å². The molecule has 6 heteroatoms. The molecule has 0 aliphatic rings. The van der Waals surface area contributed by atoms with E-state index in [0.717, 1.165) is 9.37 Å². The SMILES string of the molecule is NCC(CSc1ccc(Br)cc1)C(F)(F)F. The quantitative estimate of drug-likeness (QED) is 0.858. The third-order valence-electron chi connectivity index (χ3n) is 2.01. The molecule has 0 aliphatic heterocycles. The lowest BCUT2D eigenvalue weighted by molar-refractivity contribution is -0.165. The van der Waals surface area contributed by atoms with E-state index in [0.29, 0.717) is 0 Å². The maximum absolute atomic E-state index is 12.4. The van der Waals surface area contributed by atoms with Gasteiger partial charge in [0.1, 0.15) is 0 Å². The molecule has 0 bridgehead atoms. The second kappa shape index (κ2) is 5.93. The van der Waals surface area contributed by atoms with Gasteiger partial charge in [-0.25, -0.2) is 0 Å². The number of rotatable bonds is 4.